The summed E-state index contributed by atoms with van der Waals surface area (Å²) in [6.45, 7) is 5.64. The van der Waals surface area contributed by atoms with Crippen molar-refractivity contribution in [2.75, 3.05) is 5.32 Å². The Labute approximate surface area is 101 Å². The average molecular weight is 234 g/mol. The van der Waals surface area contributed by atoms with Gasteiger partial charge in [-0.15, -0.1) is 0 Å². The van der Waals surface area contributed by atoms with E-state index >= 15 is 0 Å². The van der Waals surface area contributed by atoms with Gasteiger partial charge in [-0.2, -0.15) is 0 Å². The summed E-state index contributed by atoms with van der Waals surface area (Å²) in [7, 11) is 0. The number of amides is 2. The van der Waals surface area contributed by atoms with E-state index in [9.17, 15) is 9.59 Å². The van der Waals surface area contributed by atoms with Crippen LogP contribution in [0.2, 0.25) is 0 Å². The van der Waals surface area contributed by atoms with Crippen LogP contribution < -0.4 is 10.6 Å². The highest BCUT2D eigenvalue weighted by molar-refractivity contribution is 5.88. The minimum atomic E-state index is -0.103. The fraction of sp³-hybridized carbons (Fsp3) is 0.385. The Kier molecular flexibility index (Phi) is 4.69. The van der Waals surface area contributed by atoms with E-state index in [0.717, 1.165) is 11.3 Å². The zero-order chi connectivity index (χ0) is 12.8. The summed E-state index contributed by atoms with van der Waals surface area (Å²) < 4.78 is 0. The first-order valence-electron chi connectivity index (χ1n) is 5.63. The molecule has 1 aromatic rings. The Balaban J connectivity index is 2.60. The molecule has 1 rings (SSSR count). The Hall–Kier alpha value is -1.84. The number of nitrogens with one attached hydrogen (secondary N) is 2. The van der Waals surface area contributed by atoms with Crippen molar-refractivity contribution >= 4 is 17.5 Å². The molecule has 0 radical (unpaired) electrons. The van der Waals surface area contributed by atoms with Crippen molar-refractivity contribution < 1.29 is 9.59 Å². The molecule has 1 aromatic carbocycles. The summed E-state index contributed by atoms with van der Waals surface area (Å²) in [5, 5.41) is 5.53. The lowest BCUT2D eigenvalue weighted by molar-refractivity contribution is -0.124. The fourth-order valence-electron chi connectivity index (χ4n) is 1.36. The molecule has 0 atom stereocenters. The highest BCUT2D eigenvalue weighted by Gasteiger charge is 2.06. The van der Waals surface area contributed by atoms with Crippen LogP contribution in [0.5, 0.6) is 0 Å². The van der Waals surface area contributed by atoms with Crippen LogP contribution in [0, 0.1) is 5.92 Å². The van der Waals surface area contributed by atoms with E-state index < -0.39 is 0 Å². The van der Waals surface area contributed by atoms with E-state index in [1.165, 1.54) is 6.92 Å². The standard InChI is InChI=1S/C13H18N2O2/c1-9(2)13(17)14-8-11-5-4-6-12(7-11)15-10(3)16/h4-7,9H,8H2,1-3H3,(H,14,17)(H,15,16). The van der Waals surface area contributed by atoms with Gasteiger partial charge in [-0.05, 0) is 17.7 Å². The van der Waals surface area contributed by atoms with Gasteiger partial charge in [-0.1, -0.05) is 26.0 Å². The summed E-state index contributed by atoms with van der Waals surface area (Å²) in [4.78, 5) is 22.3. The summed E-state index contributed by atoms with van der Waals surface area (Å²) in [6, 6.07) is 7.42. The molecule has 0 heterocycles. The lowest BCUT2D eigenvalue weighted by Crippen LogP contribution is -2.27. The summed E-state index contributed by atoms with van der Waals surface area (Å²) in [6.07, 6.45) is 0. The van der Waals surface area contributed by atoms with E-state index in [1.807, 2.05) is 38.1 Å². The average Bonchev–Trinajstić information content (AvgIpc) is 2.25. The van der Waals surface area contributed by atoms with Crippen LogP contribution in [0.3, 0.4) is 0 Å². The van der Waals surface area contributed by atoms with Gasteiger partial charge in [0.15, 0.2) is 0 Å². The van der Waals surface area contributed by atoms with E-state index in [-0.39, 0.29) is 17.7 Å². The predicted molar refractivity (Wildman–Crippen MR) is 67.4 cm³/mol. The first kappa shape index (κ1) is 13.2. The normalized spacial score (nSPS) is 10.1. The highest BCUT2D eigenvalue weighted by Crippen LogP contribution is 2.10. The van der Waals surface area contributed by atoms with Crippen molar-refractivity contribution in [3.05, 3.63) is 29.8 Å². The van der Waals surface area contributed by atoms with E-state index in [4.69, 9.17) is 0 Å². The quantitative estimate of drug-likeness (QED) is 0.836. The SMILES string of the molecule is CC(=O)Nc1cccc(CNC(=O)C(C)C)c1. The second-order valence-corrected chi connectivity index (χ2v) is 4.25. The molecule has 0 unspecified atom stereocenters. The number of anilines is 1. The summed E-state index contributed by atoms with van der Waals surface area (Å²) in [5.74, 6) is -0.100. The van der Waals surface area contributed by atoms with Gasteiger partial charge < -0.3 is 10.6 Å². The molecule has 0 aliphatic carbocycles. The van der Waals surface area contributed by atoms with Crippen LogP contribution in [-0.4, -0.2) is 11.8 Å². The smallest absolute Gasteiger partial charge is 0.222 e. The number of hydrogen-bond acceptors (Lipinski definition) is 2. The topological polar surface area (TPSA) is 58.2 Å². The molecule has 0 aliphatic heterocycles. The molecule has 2 amide bonds. The van der Waals surface area contributed by atoms with Gasteiger partial charge in [0, 0.05) is 25.1 Å². The predicted octanol–water partition coefficient (Wildman–Crippen LogP) is 1.92. The van der Waals surface area contributed by atoms with Crippen molar-refractivity contribution in [2.24, 2.45) is 5.92 Å². The molecule has 0 aliphatic rings. The molecule has 0 fully saturated rings. The van der Waals surface area contributed by atoms with E-state index in [1.54, 1.807) is 0 Å². The first-order valence-corrected chi connectivity index (χ1v) is 5.63. The molecule has 92 valence electrons. The third-order valence-electron chi connectivity index (χ3n) is 2.24. The van der Waals surface area contributed by atoms with Crippen LogP contribution >= 0.6 is 0 Å². The molecule has 4 nitrogen and oxygen atoms in total. The molecule has 4 heteroatoms. The van der Waals surface area contributed by atoms with Crippen molar-refractivity contribution in [3.8, 4) is 0 Å². The van der Waals surface area contributed by atoms with Crippen molar-refractivity contribution in [3.63, 3.8) is 0 Å². The van der Waals surface area contributed by atoms with Gasteiger partial charge in [0.2, 0.25) is 11.8 Å². The zero-order valence-corrected chi connectivity index (χ0v) is 10.4. The lowest BCUT2D eigenvalue weighted by Gasteiger charge is -2.09. The number of carbonyl (C=O) groups is 2. The minimum Gasteiger partial charge on any atom is -0.352 e. The number of carbonyl (C=O) groups excluding carboxylic acids is 2. The molecule has 0 spiro atoms. The van der Waals surface area contributed by atoms with E-state index in [0.29, 0.717) is 6.54 Å². The number of rotatable bonds is 4. The maximum Gasteiger partial charge on any atom is 0.222 e. The molecular formula is C13H18N2O2. The Bertz CT molecular complexity index is 414. The maximum absolute atomic E-state index is 11.4. The van der Waals surface area contributed by atoms with Gasteiger partial charge in [0.1, 0.15) is 0 Å². The monoisotopic (exact) mass is 234 g/mol. The van der Waals surface area contributed by atoms with Crippen molar-refractivity contribution in [1.82, 2.24) is 5.32 Å². The third-order valence-corrected chi connectivity index (χ3v) is 2.24. The van der Waals surface area contributed by atoms with Crippen LogP contribution in [-0.2, 0) is 16.1 Å². The zero-order valence-electron chi connectivity index (χ0n) is 10.4. The van der Waals surface area contributed by atoms with Gasteiger partial charge in [-0.25, -0.2) is 0 Å². The fourth-order valence-corrected chi connectivity index (χ4v) is 1.36. The maximum atomic E-state index is 11.4. The van der Waals surface area contributed by atoms with Crippen molar-refractivity contribution in [2.45, 2.75) is 27.3 Å². The Morgan fingerprint density at radius 2 is 2.00 bits per heavy atom. The summed E-state index contributed by atoms with van der Waals surface area (Å²) in [5.41, 5.74) is 1.71. The van der Waals surface area contributed by atoms with Gasteiger partial charge in [0.05, 0.1) is 0 Å². The second kappa shape index (κ2) is 6.03. The lowest BCUT2D eigenvalue weighted by atomic mass is 10.1. The second-order valence-electron chi connectivity index (χ2n) is 4.25. The van der Waals surface area contributed by atoms with Crippen LogP contribution in [0.15, 0.2) is 24.3 Å². The molecular weight excluding hydrogens is 216 g/mol. The van der Waals surface area contributed by atoms with Crippen LogP contribution in [0.1, 0.15) is 26.3 Å². The molecule has 17 heavy (non-hydrogen) atoms. The van der Waals surface area contributed by atoms with E-state index in [2.05, 4.69) is 10.6 Å². The molecule has 0 aromatic heterocycles. The molecule has 2 N–H and O–H groups in total. The Morgan fingerprint density at radius 1 is 1.29 bits per heavy atom. The first-order chi connectivity index (χ1) is 7.99. The largest absolute Gasteiger partial charge is 0.352 e. The molecule has 0 saturated heterocycles. The van der Waals surface area contributed by atoms with Gasteiger partial charge in [0.25, 0.3) is 0 Å². The minimum absolute atomic E-state index is 0.0199. The third kappa shape index (κ3) is 4.68. The van der Waals surface area contributed by atoms with Crippen LogP contribution in [0.25, 0.3) is 0 Å². The molecule has 0 saturated carbocycles. The Morgan fingerprint density at radius 3 is 2.59 bits per heavy atom. The summed E-state index contributed by atoms with van der Waals surface area (Å²) >= 11 is 0. The highest BCUT2D eigenvalue weighted by atomic mass is 16.2. The van der Waals surface area contributed by atoms with Gasteiger partial charge in [-0.3, -0.25) is 9.59 Å². The van der Waals surface area contributed by atoms with Crippen LogP contribution in [0.4, 0.5) is 5.69 Å². The number of benzene rings is 1. The number of hydrogen-bond donors (Lipinski definition) is 2. The molecule has 0 bridgehead atoms. The van der Waals surface area contributed by atoms with Gasteiger partial charge >= 0.3 is 0 Å². The van der Waals surface area contributed by atoms with Crippen molar-refractivity contribution in [1.29, 1.82) is 0 Å².